The molecule has 0 atom stereocenters. The number of piperazine rings is 1. The zero-order valence-electron chi connectivity index (χ0n) is 14.6. The molecular formula is C18H25N3O4. The van der Waals surface area contributed by atoms with E-state index in [1.165, 1.54) is 0 Å². The van der Waals surface area contributed by atoms with Crippen molar-refractivity contribution in [1.82, 2.24) is 9.80 Å². The fraction of sp³-hybridized carbons (Fsp3) is 0.556. The highest BCUT2D eigenvalue weighted by molar-refractivity contribution is 5.96. The molecule has 7 nitrogen and oxygen atoms in total. The first-order chi connectivity index (χ1) is 12.0. The molecule has 2 heterocycles. The molecule has 0 bridgehead atoms. The van der Waals surface area contributed by atoms with E-state index in [9.17, 15) is 9.59 Å². The van der Waals surface area contributed by atoms with Gasteiger partial charge in [-0.3, -0.25) is 4.79 Å². The number of nitrogens with two attached hydrogens (primary N) is 1. The normalized spacial score (nSPS) is 18.9. The Bertz CT molecular complexity index is 635. The molecule has 2 aliphatic rings. The number of hydrogen-bond acceptors (Lipinski definition) is 5. The van der Waals surface area contributed by atoms with Crippen LogP contribution in [0.1, 0.15) is 28.8 Å². The van der Waals surface area contributed by atoms with Gasteiger partial charge in [-0.05, 0) is 30.7 Å². The van der Waals surface area contributed by atoms with Gasteiger partial charge in [0.15, 0.2) is 0 Å². The molecular weight excluding hydrogens is 322 g/mol. The molecule has 7 heteroatoms. The average molecular weight is 347 g/mol. The van der Waals surface area contributed by atoms with Crippen LogP contribution in [-0.4, -0.2) is 67.3 Å². The van der Waals surface area contributed by atoms with Crippen LogP contribution in [0.25, 0.3) is 0 Å². The summed E-state index contributed by atoms with van der Waals surface area (Å²) in [6.45, 7) is 5.15. The lowest BCUT2D eigenvalue weighted by Gasteiger charge is -2.35. The van der Waals surface area contributed by atoms with E-state index in [2.05, 4.69) is 0 Å². The fourth-order valence-corrected chi connectivity index (χ4v) is 3.20. The van der Waals surface area contributed by atoms with Gasteiger partial charge in [0.2, 0.25) is 0 Å². The van der Waals surface area contributed by atoms with Gasteiger partial charge in [0, 0.05) is 50.3 Å². The minimum absolute atomic E-state index is 0.0186. The Kier molecular flexibility index (Phi) is 5.43. The number of carbonyl (C=O) groups is 2. The number of hydrogen-bond donors (Lipinski definition) is 1. The van der Waals surface area contributed by atoms with Crippen LogP contribution in [0.2, 0.25) is 0 Å². The van der Waals surface area contributed by atoms with Crippen molar-refractivity contribution in [3.8, 4) is 0 Å². The highest BCUT2D eigenvalue weighted by Crippen LogP contribution is 2.17. The van der Waals surface area contributed by atoms with Crippen molar-refractivity contribution in [3.63, 3.8) is 0 Å². The van der Waals surface area contributed by atoms with E-state index in [4.69, 9.17) is 15.2 Å². The molecule has 2 aliphatic heterocycles. The Morgan fingerprint density at radius 2 is 1.76 bits per heavy atom. The van der Waals surface area contributed by atoms with Crippen LogP contribution in [0.4, 0.5) is 10.5 Å². The summed E-state index contributed by atoms with van der Waals surface area (Å²) in [4.78, 5) is 28.4. The predicted molar refractivity (Wildman–Crippen MR) is 93.4 cm³/mol. The van der Waals surface area contributed by atoms with Gasteiger partial charge in [-0.2, -0.15) is 0 Å². The summed E-state index contributed by atoms with van der Waals surface area (Å²) >= 11 is 0. The Morgan fingerprint density at radius 1 is 1.12 bits per heavy atom. The van der Waals surface area contributed by atoms with Gasteiger partial charge in [-0.15, -0.1) is 0 Å². The van der Waals surface area contributed by atoms with Crippen LogP contribution in [-0.2, 0) is 9.47 Å². The Labute approximate surface area is 147 Å². The predicted octanol–water partition coefficient (Wildman–Crippen LogP) is 1.65. The van der Waals surface area contributed by atoms with E-state index in [0.29, 0.717) is 50.6 Å². The van der Waals surface area contributed by atoms with Gasteiger partial charge in [0.1, 0.15) is 6.10 Å². The molecule has 2 saturated heterocycles. The number of anilines is 1. The van der Waals surface area contributed by atoms with Crippen LogP contribution < -0.4 is 5.73 Å². The average Bonchev–Trinajstić information content (AvgIpc) is 2.62. The van der Waals surface area contributed by atoms with Crippen molar-refractivity contribution >= 4 is 17.7 Å². The molecule has 0 unspecified atom stereocenters. The number of nitrogens with zero attached hydrogens (tertiary/aromatic N) is 2. The summed E-state index contributed by atoms with van der Waals surface area (Å²) in [6, 6.07) is 5.30. The van der Waals surface area contributed by atoms with E-state index < -0.39 is 0 Å². The number of benzene rings is 1. The molecule has 0 aromatic heterocycles. The van der Waals surface area contributed by atoms with Crippen molar-refractivity contribution in [2.24, 2.45) is 0 Å². The second kappa shape index (κ2) is 7.74. The monoisotopic (exact) mass is 347 g/mol. The van der Waals surface area contributed by atoms with Crippen molar-refractivity contribution in [1.29, 1.82) is 0 Å². The largest absolute Gasteiger partial charge is 0.446 e. The summed E-state index contributed by atoms with van der Waals surface area (Å²) in [5.41, 5.74) is 7.92. The van der Waals surface area contributed by atoms with Gasteiger partial charge in [-0.1, -0.05) is 0 Å². The van der Waals surface area contributed by atoms with Crippen molar-refractivity contribution in [2.75, 3.05) is 45.1 Å². The quantitative estimate of drug-likeness (QED) is 0.822. The smallest absolute Gasteiger partial charge is 0.410 e. The first kappa shape index (κ1) is 17.5. The van der Waals surface area contributed by atoms with E-state index >= 15 is 0 Å². The van der Waals surface area contributed by atoms with Crippen LogP contribution in [0.15, 0.2) is 18.2 Å². The van der Waals surface area contributed by atoms with E-state index in [0.717, 1.165) is 18.4 Å². The number of amides is 2. The van der Waals surface area contributed by atoms with Crippen molar-refractivity contribution in [3.05, 3.63) is 29.3 Å². The maximum atomic E-state index is 12.7. The summed E-state index contributed by atoms with van der Waals surface area (Å²) < 4.78 is 10.8. The molecule has 2 amide bonds. The second-order valence-electron chi connectivity index (χ2n) is 6.55. The first-order valence-corrected chi connectivity index (χ1v) is 8.73. The van der Waals surface area contributed by atoms with E-state index in [1.54, 1.807) is 28.0 Å². The Balaban J connectivity index is 1.52. The number of carbonyl (C=O) groups excluding carboxylic acids is 2. The third-order valence-electron chi connectivity index (χ3n) is 4.74. The van der Waals surface area contributed by atoms with Crippen molar-refractivity contribution < 1.29 is 19.1 Å². The van der Waals surface area contributed by atoms with Crippen molar-refractivity contribution in [2.45, 2.75) is 25.9 Å². The maximum absolute atomic E-state index is 12.7. The number of ether oxygens (including phenoxy) is 2. The molecule has 0 aliphatic carbocycles. The van der Waals surface area contributed by atoms with Gasteiger partial charge in [0.25, 0.3) is 5.91 Å². The maximum Gasteiger partial charge on any atom is 0.410 e. The van der Waals surface area contributed by atoms with Crippen LogP contribution >= 0.6 is 0 Å². The molecule has 2 N–H and O–H groups in total. The zero-order chi connectivity index (χ0) is 17.8. The van der Waals surface area contributed by atoms with E-state index in [1.807, 2.05) is 6.92 Å². The molecule has 0 radical (unpaired) electrons. The summed E-state index contributed by atoms with van der Waals surface area (Å²) in [7, 11) is 0. The molecule has 25 heavy (non-hydrogen) atoms. The molecule has 2 fully saturated rings. The lowest BCUT2D eigenvalue weighted by molar-refractivity contribution is -0.0141. The fourth-order valence-electron chi connectivity index (χ4n) is 3.20. The summed E-state index contributed by atoms with van der Waals surface area (Å²) in [5.74, 6) is -0.0186. The molecule has 1 aromatic carbocycles. The third kappa shape index (κ3) is 4.22. The zero-order valence-corrected chi connectivity index (χ0v) is 14.6. The topological polar surface area (TPSA) is 85.1 Å². The van der Waals surface area contributed by atoms with E-state index in [-0.39, 0.29) is 18.1 Å². The number of aryl methyl sites for hydroxylation is 1. The van der Waals surface area contributed by atoms with Crippen LogP contribution in [0.5, 0.6) is 0 Å². The number of nitrogen functional groups attached to an aromatic ring is 1. The number of rotatable bonds is 2. The lowest BCUT2D eigenvalue weighted by atomic mass is 10.1. The Morgan fingerprint density at radius 3 is 2.40 bits per heavy atom. The highest BCUT2D eigenvalue weighted by atomic mass is 16.6. The van der Waals surface area contributed by atoms with Gasteiger partial charge >= 0.3 is 6.09 Å². The SMILES string of the molecule is Cc1cc(N)ccc1C(=O)N1CCN(C(=O)OC2CCOCC2)CC1. The Hall–Kier alpha value is -2.28. The summed E-state index contributed by atoms with van der Waals surface area (Å²) in [5, 5.41) is 0. The third-order valence-corrected chi connectivity index (χ3v) is 4.74. The highest BCUT2D eigenvalue weighted by Gasteiger charge is 2.28. The molecule has 0 saturated carbocycles. The molecule has 3 rings (SSSR count). The van der Waals surface area contributed by atoms with Crippen LogP contribution in [0, 0.1) is 6.92 Å². The molecule has 1 aromatic rings. The van der Waals surface area contributed by atoms with Gasteiger partial charge in [0.05, 0.1) is 13.2 Å². The molecule has 136 valence electrons. The van der Waals surface area contributed by atoms with Crippen LogP contribution in [0.3, 0.4) is 0 Å². The van der Waals surface area contributed by atoms with Gasteiger partial charge < -0.3 is 25.0 Å². The first-order valence-electron chi connectivity index (χ1n) is 8.73. The van der Waals surface area contributed by atoms with Gasteiger partial charge in [-0.25, -0.2) is 4.79 Å². The lowest BCUT2D eigenvalue weighted by Crippen LogP contribution is -2.51. The standard InChI is InChI=1S/C18H25N3O4/c1-13-12-14(19)2-3-16(13)17(22)20-6-8-21(9-7-20)18(23)25-15-4-10-24-11-5-15/h2-3,12,15H,4-11,19H2,1H3. The summed E-state index contributed by atoms with van der Waals surface area (Å²) in [6.07, 6.45) is 1.15. The second-order valence-corrected chi connectivity index (χ2v) is 6.55. The minimum atomic E-state index is -0.289. The molecule has 0 spiro atoms. The minimum Gasteiger partial charge on any atom is -0.446 e.